The molecular formula is C9H15ClN2O2S. The fraction of sp³-hybridized carbons (Fsp3) is 0.667. The Balaban J connectivity index is 2.87. The Morgan fingerprint density at radius 1 is 1.47 bits per heavy atom. The van der Waals surface area contributed by atoms with Gasteiger partial charge < -0.3 is 0 Å². The highest BCUT2D eigenvalue weighted by atomic mass is 35.5. The Morgan fingerprint density at radius 3 is 2.47 bits per heavy atom. The molecule has 0 aliphatic rings. The van der Waals surface area contributed by atoms with E-state index >= 15 is 0 Å². The van der Waals surface area contributed by atoms with E-state index in [4.69, 9.17) is 11.6 Å². The van der Waals surface area contributed by atoms with Crippen LogP contribution in [0, 0.1) is 6.92 Å². The summed E-state index contributed by atoms with van der Waals surface area (Å²) in [6.07, 6.45) is 2.01. The van der Waals surface area contributed by atoms with Crippen LogP contribution in [0.4, 0.5) is 0 Å². The van der Waals surface area contributed by atoms with Crippen LogP contribution >= 0.6 is 11.6 Å². The molecule has 0 saturated carbocycles. The Hall–Kier alpha value is -0.550. The first-order valence-electron chi connectivity index (χ1n) is 4.74. The summed E-state index contributed by atoms with van der Waals surface area (Å²) >= 11 is 6.03. The van der Waals surface area contributed by atoms with E-state index in [2.05, 4.69) is 5.10 Å². The lowest BCUT2D eigenvalue weighted by Crippen LogP contribution is -2.12. The van der Waals surface area contributed by atoms with Gasteiger partial charge in [0.1, 0.15) is 15.0 Å². The van der Waals surface area contributed by atoms with E-state index in [1.165, 1.54) is 6.26 Å². The highest BCUT2D eigenvalue weighted by Crippen LogP contribution is 2.19. The van der Waals surface area contributed by atoms with Crippen molar-refractivity contribution < 1.29 is 8.42 Å². The minimum Gasteiger partial charge on any atom is -0.252 e. The molecule has 0 aliphatic heterocycles. The second-order valence-electron chi connectivity index (χ2n) is 3.57. The zero-order valence-electron chi connectivity index (χ0n) is 9.12. The van der Waals surface area contributed by atoms with Crippen LogP contribution in [0.3, 0.4) is 0 Å². The van der Waals surface area contributed by atoms with E-state index < -0.39 is 9.84 Å². The largest absolute Gasteiger partial charge is 0.252 e. The molecule has 0 radical (unpaired) electrons. The van der Waals surface area contributed by atoms with Gasteiger partial charge >= 0.3 is 0 Å². The maximum Gasteiger partial charge on any atom is 0.149 e. The third kappa shape index (κ3) is 3.21. The van der Waals surface area contributed by atoms with Crippen LogP contribution in [-0.4, -0.2) is 30.2 Å². The number of nitrogens with zero attached hydrogens (tertiary/aromatic N) is 2. The molecule has 0 unspecified atom stereocenters. The van der Waals surface area contributed by atoms with Gasteiger partial charge in [-0.25, -0.2) is 8.42 Å². The number of aromatic nitrogens is 2. The van der Waals surface area contributed by atoms with Gasteiger partial charge in [0.15, 0.2) is 0 Å². The van der Waals surface area contributed by atoms with Crippen LogP contribution in [0.25, 0.3) is 0 Å². The van der Waals surface area contributed by atoms with Crippen molar-refractivity contribution in [3.8, 4) is 0 Å². The summed E-state index contributed by atoms with van der Waals surface area (Å²) in [5.41, 5.74) is 1.86. The zero-order chi connectivity index (χ0) is 11.6. The molecule has 6 heteroatoms. The van der Waals surface area contributed by atoms with Crippen molar-refractivity contribution in [2.45, 2.75) is 26.8 Å². The molecule has 0 saturated heterocycles. The SMILES string of the molecule is CCc1nn(CCS(C)(=O)=O)c(Cl)c1C. The predicted octanol–water partition coefficient (Wildman–Crippen LogP) is 1.45. The number of hydrogen-bond acceptors (Lipinski definition) is 3. The van der Waals surface area contributed by atoms with Crippen molar-refractivity contribution in [2.24, 2.45) is 0 Å². The summed E-state index contributed by atoms with van der Waals surface area (Å²) in [5, 5.41) is 4.79. The van der Waals surface area contributed by atoms with Crippen LogP contribution in [0.2, 0.25) is 5.15 Å². The van der Waals surface area contributed by atoms with Crippen molar-refractivity contribution >= 4 is 21.4 Å². The van der Waals surface area contributed by atoms with Gasteiger partial charge in [0.2, 0.25) is 0 Å². The van der Waals surface area contributed by atoms with Gasteiger partial charge in [-0.3, -0.25) is 4.68 Å². The summed E-state index contributed by atoms with van der Waals surface area (Å²) in [6.45, 7) is 4.20. The Kier molecular flexibility index (Phi) is 3.78. The molecule has 0 fully saturated rings. The molecule has 0 aromatic carbocycles. The Morgan fingerprint density at radius 2 is 2.07 bits per heavy atom. The van der Waals surface area contributed by atoms with E-state index in [0.29, 0.717) is 11.7 Å². The predicted molar refractivity (Wildman–Crippen MR) is 61.1 cm³/mol. The van der Waals surface area contributed by atoms with Gasteiger partial charge in [0.25, 0.3) is 0 Å². The van der Waals surface area contributed by atoms with Gasteiger partial charge in [-0.1, -0.05) is 18.5 Å². The number of rotatable bonds is 4. The highest BCUT2D eigenvalue weighted by Gasteiger charge is 2.12. The molecule has 0 amide bonds. The molecule has 15 heavy (non-hydrogen) atoms. The molecule has 1 heterocycles. The van der Waals surface area contributed by atoms with Gasteiger partial charge in [-0.05, 0) is 13.3 Å². The van der Waals surface area contributed by atoms with E-state index in [-0.39, 0.29) is 5.75 Å². The van der Waals surface area contributed by atoms with Crippen LogP contribution in [-0.2, 0) is 22.8 Å². The van der Waals surface area contributed by atoms with Crippen molar-refractivity contribution in [3.63, 3.8) is 0 Å². The fourth-order valence-electron chi connectivity index (χ4n) is 1.31. The van der Waals surface area contributed by atoms with Crippen molar-refractivity contribution in [2.75, 3.05) is 12.0 Å². The Labute approximate surface area is 95.2 Å². The second-order valence-corrected chi connectivity index (χ2v) is 6.19. The van der Waals surface area contributed by atoms with Crippen molar-refractivity contribution in [1.82, 2.24) is 9.78 Å². The lowest BCUT2D eigenvalue weighted by molar-refractivity contribution is 0.584. The van der Waals surface area contributed by atoms with Crippen LogP contribution < -0.4 is 0 Å². The molecule has 0 N–H and O–H groups in total. The topological polar surface area (TPSA) is 52.0 Å². The summed E-state index contributed by atoms with van der Waals surface area (Å²) in [7, 11) is -2.97. The zero-order valence-corrected chi connectivity index (χ0v) is 10.7. The van der Waals surface area contributed by atoms with Gasteiger partial charge in [0, 0.05) is 11.8 Å². The van der Waals surface area contributed by atoms with Gasteiger partial charge in [-0.2, -0.15) is 5.10 Å². The quantitative estimate of drug-likeness (QED) is 0.813. The average Bonchev–Trinajstić information content (AvgIpc) is 2.40. The normalized spacial score (nSPS) is 12.0. The number of sulfone groups is 1. The maximum absolute atomic E-state index is 11.0. The van der Waals surface area contributed by atoms with Crippen molar-refractivity contribution in [3.05, 3.63) is 16.4 Å². The fourth-order valence-corrected chi connectivity index (χ4v) is 2.05. The number of aryl methyl sites for hydroxylation is 2. The molecule has 1 aromatic rings. The molecule has 1 rings (SSSR count). The summed E-state index contributed by atoms with van der Waals surface area (Å²) in [6, 6.07) is 0. The van der Waals surface area contributed by atoms with Gasteiger partial charge in [0.05, 0.1) is 18.0 Å². The number of hydrogen-bond donors (Lipinski definition) is 0. The lowest BCUT2D eigenvalue weighted by atomic mass is 10.2. The average molecular weight is 251 g/mol. The third-order valence-corrected chi connectivity index (χ3v) is 3.62. The smallest absolute Gasteiger partial charge is 0.149 e. The van der Waals surface area contributed by atoms with Gasteiger partial charge in [-0.15, -0.1) is 0 Å². The van der Waals surface area contributed by atoms with E-state index in [9.17, 15) is 8.42 Å². The van der Waals surface area contributed by atoms with E-state index in [0.717, 1.165) is 17.7 Å². The first-order chi connectivity index (χ1) is 6.85. The molecule has 4 nitrogen and oxygen atoms in total. The molecule has 86 valence electrons. The molecule has 1 aromatic heterocycles. The summed E-state index contributed by atoms with van der Waals surface area (Å²) in [5.74, 6) is 0.0665. The molecule has 0 spiro atoms. The number of halogens is 1. The highest BCUT2D eigenvalue weighted by molar-refractivity contribution is 7.90. The minimum absolute atomic E-state index is 0.0665. The van der Waals surface area contributed by atoms with Crippen LogP contribution in [0.1, 0.15) is 18.2 Å². The molecule has 0 bridgehead atoms. The van der Waals surface area contributed by atoms with E-state index in [1.807, 2.05) is 13.8 Å². The van der Waals surface area contributed by atoms with Crippen LogP contribution in [0.5, 0.6) is 0 Å². The lowest BCUT2D eigenvalue weighted by Gasteiger charge is -2.01. The van der Waals surface area contributed by atoms with E-state index in [1.54, 1.807) is 4.68 Å². The standard InChI is InChI=1S/C9H15ClN2O2S/c1-4-8-7(2)9(10)12(11-8)5-6-15(3,13)14/h4-6H2,1-3H3. The molecule has 0 atom stereocenters. The minimum atomic E-state index is -2.97. The third-order valence-electron chi connectivity index (χ3n) is 2.22. The maximum atomic E-state index is 11.0. The Bertz CT molecular complexity index is 451. The monoisotopic (exact) mass is 250 g/mol. The van der Waals surface area contributed by atoms with Crippen LogP contribution in [0.15, 0.2) is 0 Å². The molecule has 0 aliphatic carbocycles. The summed E-state index contributed by atoms with van der Waals surface area (Å²) < 4.78 is 23.5. The second kappa shape index (κ2) is 4.53. The first-order valence-corrected chi connectivity index (χ1v) is 7.18. The molecular weight excluding hydrogens is 236 g/mol. The van der Waals surface area contributed by atoms with Crippen molar-refractivity contribution in [1.29, 1.82) is 0 Å². The summed E-state index contributed by atoms with van der Waals surface area (Å²) in [4.78, 5) is 0. The first kappa shape index (κ1) is 12.5.